The second-order valence-corrected chi connectivity index (χ2v) is 7.58. The maximum absolute atomic E-state index is 12.3. The van der Waals surface area contributed by atoms with Crippen molar-refractivity contribution < 1.29 is 18.9 Å². The van der Waals surface area contributed by atoms with Crippen molar-refractivity contribution in [2.45, 2.75) is 19.8 Å². The molecule has 9 heteroatoms. The van der Waals surface area contributed by atoms with Gasteiger partial charge >= 0.3 is 0 Å². The molecule has 9 nitrogen and oxygen atoms in total. The van der Waals surface area contributed by atoms with Gasteiger partial charge in [0.15, 0.2) is 0 Å². The molecule has 1 N–H and O–H groups in total. The number of nitro benzene ring substituents is 1. The average molecular weight is 436 g/mol. The molecule has 1 aromatic heterocycles. The van der Waals surface area contributed by atoms with Gasteiger partial charge in [-0.2, -0.15) is 5.10 Å². The summed E-state index contributed by atoms with van der Waals surface area (Å²) >= 11 is 0. The molecule has 0 saturated carbocycles. The van der Waals surface area contributed by atoms with Crippen molar-refractivity contribution in [1.82, 2.24) is 10.3 Å². The Hall–Kier alpha value is -3.72. The van der Waals surface area contributed by atoms with E-state index in [2.05, 4.69) is 15.4 Å². The third-order valence-electron chi connectivity index (χ3n) is 5.51. The smallest absolute Gasteiger partial charge is 0.274 e. The number of aryl methyl sites for hydroxylation is 1. The molecule has 166 valence electrons. The average Bonchev–Trinajstić information content (AvgIpc) is 3.40. The number of carbonyl (C=O) groups excluding carboxylic acids is 1. The predicted octanol–water partition coefficient (Wildman–Crippen LogP) is 3.68. The summed E-state index contributed by atoms with van der Waals surface area (Å²) in [5.41, 5.74) is 7.00. The topological polar surface area (TPSA) is 110 Å². The molecule has 1 fully saturated rings. The molecule has 0 radical (unpaired) electrons. The normalized spacial score (nSPS) is 18.0. The highest BCUT2D eigenvalue weighted by molar-refractivity contribution is 5.95. The number of nitro groups is 1. The predicted molar refractivity (Wildman–Crippen MR) is 119 cm³/mol. The van der Waals surface area contributed by atoms with Gasteiger partial charge in [-0.3, -0.25) is 14.9 Å². The summed E-state index contributed by atoms with van der Waals surface area (Å²) < 4.78 is 10.7. The lowest BCUT2D eigenvalue weighted by Gasteiger charge is -2.31. The highest BCUT2D eigenvalue weighted by Crippen LogP contribution is 2.35. The number of amides is 1. The fourth-order valence-corrected chi connectivity index (χ4v) is 3.95. The Balaban J connectivity index is 1.60. The van der Waals surface area contributed by atoms with Crippen LogP contribution in [0.1, 0.15) is 34.5 Å². The summed E-state index contributed by atoms with van der Waals surface area (Å²) in [6.07, 6.45) is 6.69. The minimum atomic E-state index is -0.391. The van der Waals surface area contributed by atoms with Gasteiger partial charge < -0.3 is 14.1 Å². The van der Waals surface area contributed by atoms with E-state index in [1.807, 2.05) is 12.1 Å². The van der Waals surface area contributed by atoms with E-state index in [9.17, 15) is 14.9 Å². The SMILES string of the molecule is Cc1occc1C(=O)N/N=C/C1=C(N2CCOCC2)C(=C\c2cccc([N+](=O)[O-])c2)/CC1. The van der Waals surface area contributed by atoms with Gasteiger partial charge in [-0.25, -0.2) is 5.43 Å². The molecule has 2 heterocycles. The standard InChI is InChI=1S/C23H24N4O5/c1-16-21(7-10-32-16)23(28)25-24-15-19-6-5-18(22(19)26-8-11-31-12-9-26)13-17-3-2-4-20(14-17)27(29)30/h2-4,7,10,13-15H,5-6,8-9,11-12H2,1H3,(H,25,28)/b18-13-,24-15+. The van der Waals surface area contributed by atoms with E-state index < -0.39 is 4.92 Å². The molecule has 32 heavy (non-hydrogen) atoms. The summed E-state index contributed by atoms with van der Waals surface area (Å²) in [6, 6.07) is 8.21. The van der Waals surface area contributed by atoms with E-state index in [1.165, 1.54) is 12.3 Å². The van der Waals surface area contributed by atoms with Crippen LogP contribution in [-0.4, -0.2) is 48.2 Å². The number of rotatable bonds is 6. The molecule has 1 amide bonds. The van der Waals surface area contributed by atoms with Gasteiger partial charge in [-0.1, -0.05) is 12.1 Å². The molecular weight excluding hydrogens is 412 g/mol. The van der Waals surface area contributed by atoms with Crippen LogP contribution in [0.3, 0.4) is 0 Å². The summed E-state index contributed by atoms with van der Waals surface area (Å²) in [4.78, 5) is 25.3. The van der Waals surface area contributed by atoms with E-state index in [4.69, 9.17) is 9.15 Å². The van der Waals surface area contributed by atoms with Crippen molar-refractivity contribution in [3.8, 4) is 0 Å². The molecule has 0 atom stereocenters. The Morgan fingerprint density at radius 1 is 1.25 bits per heavy atom. The Morgan fingerprint density at radius 3 is 2.78 bits per heavy atom. The number of hydrazone groups is 1. The van der Waals surface area contributed by atoms with Crippen molar-refractivity contribution in [3.05, 3.63) is 80.4 Å². The second kappa shape index (κ2) is 9.61. The number of hydrogen-bond donors (Lipinski definition) is 1. The van der Waals surface area contributed by atoms with Crippen LogP contribution in [0.2, 0.25) is 0 Å². The minimum absolute atomic E-state index is 0.0632. The van der Waals surface area contributed by atoms with Crippen molar-refractivity contribution in [1.29, 1.82) is 0 Å². The van der Waals surface area contributed by atoms with Gasteiger partial charge in [0, 0.05) is 30.9 Å². The van der Waals surface area contributed by atoms with Crippen molar-refractivity contribution in [3.63, 3.8) is 0 Å². The number of nitrogens with one attached hydrogen (secondary N) is 1. The maximum atomic E-state index is 12.3. The molecule has 4 rings (SSSR count). The number of morpholine rings is 1. The summed E-state index contributed by atoms with van der Waals surface area (Å²) in [6.45, 7) is 4.49. The number of benzene rings is 1. The van der Waals surface area contributed by atoms with Gasteiger partial charge in [0.25, 0.3) is 11.6 Å². The van der Waals surface area contributed by atoms with Gasteiger partial charge in [0.2, 0.25) is 0 Å². The van der Waals surface area contributed by atoms with Crippen LogP contribution in [0.15, 0.2) is 63.0 Å². The van der Waals surface area contributed by atoms with Crippen LogP contribution >= 0.6 is 0 Å². The lowest BCUT2D eigenvalue weighted by molar-refractivity contribution is -0.384. The zero-order valence-electron chi connectivity index (χ0n) is 17.7. The second-order valence-electron chi connectivity index (χ2n) is 7.58. The molecule has 1 aromatic carbocycles. The van der Waals surface area contributed by atoms with Crippen LogP contribution in [0, 0.1) is 17.0 Å². The molecule has 2 aliphatic rings. The zero-order chi connectivity index (χ0) is 22.5. The van der Waals surface area contributed by atoms with E-state index in [1.54, 1.807) is 31.3 Å². The summed E-state index contributed by atoms with van der Waals surface area (Å²) in [7, 11) is 0. The van der Waals surface area contributed by atoms with Gasteiger partial charge in [-0.05, 0) is 48.6 Å². The van der Waals surface area contributed by atoms with E-state index in [0.717, 1.165) is 48.3 Å². The minimum Gasteiger partial charge on any atom is -0.469 e. The molecule has 1 aliphatic carbocycles. The highest BCUT2D eigenvalue weighted by Gasteiger charge is 2.25. The number of ether oxygens (including phenoxy) is 1. The van der Waals surface area contributed by atoms with Crippen molar-refractivity contribution in [2.75, 3.05) is 26.3 Å². The van der Waals surface area contributed by atoms with E-state index >= 15 is 0 Å². The van der Waals surface area contributed by atoms with E-state index in [0.29, 0.717) is 24.5 Å². The Bertz CT molecular complexity index is 1110. The number of hydrogen-bond acceptors (Lipinski definition) is 7. The fraction of sp³-hybridized carbons (Fsp3) is 0.304. The molecule has 1 aliphatic heterocycles. The van der Waals surface area contributed by atoms with Gasteiger partial charge in [0.1, 0.15) is 5.76 Å². The van der Waals surface area contributed by atoms with Crippen LogP contribution in [0.5, 0.6) is 0 Å². The first-order valence-corrected chi connectivity index (χ1v) is 10.4. The molecular formula is C23H24N4O5. The monoisotopic (exact) mass is 436 g/mol. The van der Waals surface area contributed by atoms with Gasteiger partial charge in [0.05, 0.1) is 36.2 Å². The summed E-state index contributed by atoms with van der Waals surface area (Å²) in [5, 5.41) is 15.3. The number of furan rings is 1. The van der Waals surface area contributed by atoms with E-state index in [-0.39, 0.29) is 11.6 Å². The van der Waals surface area contributed by atoms with Crippen LogP contribution < -0.4 is 5.43 Å². The first-order valence-electron chi connectivity index (χ1n) is 10.4. The van der Waals surface area contributed by atoms with Gasteiger partial charge in [-0.15, -0.1) is 0 Å². The highest BCUT2D eigenvalue weighted by atomic mass is 16.6. The Labute approximate surface area is 185 Å². The Morgan fingerprint density at radius 2 is 2.06 bits per heavy atom. The molecule has 2 aromatic rings. The number of nitrogens with zero attached hydrogens (tertiary/aromatic N) is 3. The quantitative estimate of drug-likeness (QED) is 0.420. The number of non-ortho nitro benzene ring substituents is 1. The van der Waals surface area contributed by atoms with Crippen molar-refractivity contribution in [2.24, 2.45) is 5.10 Å². The lowest BCUT2D eigenvalue weighted by Crippen LogP contribution is -2.36. The lowest BCUT2D eigenvalue weighted by atomic mass is 10.1. The zero-order valence-corrected chi connectivity index (χ0v) is 17.7. The fourth-order valence-electron chi connectivity index (χ4n) is 3.95. The van der Waals surface area contributed by atoms with Crippen LogP contribution in [0.4, 0.5) is 5.69 Å². The molecule has 0 bridgehead atoms. The van der Waals surface area contributed by atoms with Crippen LogP contribution in [0.25, 0.3) is 6.08 Å². The summed E-state index contributed by atoms with van der Waals surface area (Å²) in [5.74, 6) is 0.209. The molecule has 1 saturated heterocycles. The Kier molecular flexibility index (Phi) is 6.46. The third-order valence-corrected chi connectivity index (χ3v) is 5.51. The first kappa shape index (κ1) is 21.5. The molecule has 0 unspecified atom stereocenters. The largest absolute Gasteiger partial charge is 0.469 e. The molecule has 0 spiro atoms. The number of allylic oxidation sites excluding steroid dienone is 2. The number of carbonyl (C=O) groups is 1. The van der Waals surface area contributed by atoms with Crippen molar-refractivity contribution >= 4 is 23.9 Å². The maximum Gasteiger partial charge on any atom is 0.274 e. The first-order chi connectivity index (χ1) is 15.5. The third kappa shape index (κ3) is 4.78. The van der Waals surface area contributed by atoms with Crippen LogP contribution in [-0.2, 0) is 4.74 Å².